The van der Waals surface area contributed by atoms with Crippen LogP contribution in [-0.4, -0.2) is 32.6 Å². The highest BCUT2D eigenvalue weighted by Crippen LogP contribution is 2.19. The molecule has 0 aliphatic heterocycles. The number of aromatic nitrogens is 4. The number of methoxy groups -OCH3 is 1. The lowest BCUT2D eigenvalue weighted by atomic mass is 10.2. The number of rotatable bonds is 6. The Morgan fingerprint density at radius 1 is 1.07 bits per heavy atom. The number of halogens is 2. The van der Waals surface area contributed by atoms with E-state index in [2.05, 4.69) is 15.6 Å². The van der Waals surface area contributed by atoms with Gasteiger partial charge in [-0.05, 0) is 42.0 Å². The molecule has 0 saturated carbocycles. The summed E-state index contributed by atoms with van der Waals surface area (Å²) in [4.78, 5) is 12.8. The van der Waals surface area contributed by atoms with E-state index in [0.29, 0.717) is 12.4 Å². The van der Waals surface area contributed by atoms with Crippen LogP contribution in [-0.2, 0) is 6.54 Å². The third kappa shape index (κ3) is 4.04. The minimum atomic E-state index is -0.793. The van der Waals surface area contributed by atoms with Crippen molar-refractivity contribution in [2.24, 2.45) is 0 Å². The number of hydrogen-bond donors (Lipinski definition) is 1. The molecule has 0 aliphatic carbocycles. The van der Waals surface area contributed by atoms with Crippen molar-refractivity contribution in [1.29, 1.82) is 0 Å². The summed E-state index contributed by atoms with van der Waals surface area (Å²) in [6.45, 7) is 0.354. The highest BCUT2D eigenvalue weighted by molar-refractivity contribution is 6.04. The highest BCUT2D eigenvalue weighted by Gasteiger charge is 2.22. The molecule has 9 heteroatoms. The second-order valence-corrected chi connectivity index (χ2v) is 6.47. The average Bonchev–Trinajstić information content (AvgIpc) is 3.37. The van der Waals surface area contributed by atoms with Gasteiger partial charge in [0.15, 0.2) is 11.5 Å². The van der Waals surface area contributed by atoms with E-state index >= 15 is 0 Å². The standard InChI is InChI=1S/C21H17F2N5O2/c1-30-18-6-4-14(5-7-18)13-28-21(27-8-2-3-9-27)19(25-26-28)20(29)24-17-11-15(22)10-16(23)12-17/h2-12H,13H2,1H3,(H,24,29). The largest absolute Gasteiger partial charge is 0.497 e. The van der Waals surface area contributed by atoms with Crippen LogP contribution < -0.4 is 10.1 Å². The SMILES string of the molecule is COc1ccc(Cn2nnc(C(=O)Nc3cc(F)cc(F)c3)c2-n2cccc2)cc1. The fourth-order valence-corrected chi connectivity index (χ4v) is 3.01. The average molecular weight is 409 g/mol. The number of benzene rings is 2. The summed E-state index contributed by atoms with van der Waals surface area (Å²) in [5, 5.41) is 10.6. The molecule has 0 unspecified atom stereocenters. The smallest absolute Gasteiger partial charge is 0.280 e. The monoisotopic (exact) mass is 409 g/mol. The molecule has 2 aromatic carbocycles. The molecule has 4 aromatic rings. The summed E-state index contributed by atoms with van der Waals surface area (Å²) in [6, 6.07) is 13.8. The van der Waals surface area contributed by atoms with Crippen LogP contribution in [0.25, 0.3) is 5.82 Å². The Bertz CT molecular complexity index is 1150. The molecule has 0 spiro atoms. The molecule has 1 N–H and O–H groups in total. The summed E-state index contributed by atoms with van der Waals surface area (Å²) in [6.07, 6.45) is 3.50. The van der Waals surface area contributed by atoms with E-state index in [1.165, 1.54) is 0 Å². The predicted octanol–water partition coefficient (Wildman–Crippen LogP) is 3.66. The van der Waals surface area contributed by atoms with Crippen molar-refractivity contribution in [3.63, 3.8) is 0 Å². The summed E-state index contributed by atoms with van der Waals surface area (Å²) < 4.78 is 35.3. The fraction of sp³-hybridized carbons (Fsp3) is 0.0952. The third-order valence-corrected chi connectivity index (χ3v) is 4.38. The van der Waals surface area contributed by atoms with Crippen LogP contribution in [0.1, 0.15) is 16.1 Å². The highest BCUT2D eigenvalue weighted by atomic mass is 19.1. The van der Waals surface area contributed by atoms with Gasteiger partial charge in [0.05, 0.1) is 13.7 Å². The van der Waals surface area contributed by atoms with Gasteiger partial charge < -0.3 is 14.6 Å². The molecular formula is C21H17F2N5O2. The van der Waals surface area contributed by atoms with E-state index in [1.807, 2.05) is 24.3 Å². The van der Waals surface area contributed by atoms with E-state index in [4.69, 9.17) is 4.74 Å². The number of carbonyl (C=O) groups is 1. The topological polar surface area (TPSA) is 74.0 Å². The minimum absolute atomic E-state index is 0.0133. The third-order valence-electron chi connectivity index (χ3n) is 4.38. The molecule has 0 atom stereocenters. The molecular weight excluding hydrogens is 392 g/mol. The summed E-state index contributed by atoms with van der Waals surface area (Å²) in [7, 11) is 1.59. The van der Waals surface area contributed by atoms with Gasteiger partial charge in [-0.3, -0.25) is 4.79 Å². The van der Waals surface area contributed by atoms with Crippen molar-refractivity contribution in [3.8, 4) is 11.6 Å². The zero-order valence-corrected chi connectivity index (χ0v) is 15.9. The molecule has 1 amide bonds. The number of anilines is 1. The molecule has 0 fully saturated rings. The quantitative estimate of drug-likeness (QED) is 0.528. The lowest BCUT2D eigenvalue weighted by molar-refractivity contribution is 0.102. The predicted molar refractivity (Wildman–Crippen MR) is 106 cm³/mol. The van der Waals surface area contributed by atoms with Gasteiger partial charge in [0.1, 0.15) is 17.4 Å². The zero-order valence-electron chi connectivity index (χ0n) is 15.9. The van der Waals surface area contributed by atoms with Gasteiger partial charge in [-0.2, -0.15) is 0 Å². The van der Waals surface area contributed by atoms with E-state index < -0.39 is 17.5 Å². The van der Waals surface area contributed by atoms with Crippen molar-refractivity contribution in [3.05, 3.63) is 89.9 Å². The normalized spacial score (nSPS) is 10.8. The summed E-state index contributed by atoms with van der Waals surface area (Å²) in [5.74, 6) is -1.07. The second kappa shape index (κ2) is 8.16. The molecule has 2 heterocycles. The van der Waals surface area contributed by atoms with Gasteiger partial charge >= 0.3 is 0 Å². The molecule has 0 saturated heterocycles. The van der Waals surface area contributed by atoms with Crippen LogP contribution in [0.3, 0.4) is 0 Å². The van der Waals surface area contributed by atoms with Gasteiger partial charge in [0.2, 0.25) is 0 Å². The van der Waals surface area contributed by atoms with Gasteiger partial charge in [0, 0.05) is 24.1 Å². The summed E-state index contributed by atoms with van der Waals surface area (Å²) >= 11 is 0. The first-order valence-electron chi connectivity index (χ1n) is 9.00. The fourth-order valence-electron chi connectivity index (χ4n) is 3.01. The number of amides is 1. The second-order valence-electron chi connectivity index (χ2n) is 6.47. The molecule has 0 bridgehead atoms. The molecule has 4 rings (SSSR count). The van der Waals surface area contributed by atoms with Gasteiger partial charge in [-0.25, -0.2) is 13.5 Å². The van der Waals surface area contributed by atoms with E-state index in [-0.39, 0.29) is 11.4 Å². The lowest BCUT2D eigenvalue weighted by Gasteiger charge is -2.10. The van der Waals surface area contributed by atoms with Gasteiger partial charge in [-0.15, -0.1) is 5.10 Å². The molecule has 2 aromatic heterocycles. The number of carbonyl (C=O) groups excluding carboxylic acids is 1. The Balaban J connectivity index is 1.66. The Labute approximate surface area is 170 Å². The van der Waals surface area contributed by atoms with Crippen molar-refractivity contribution >= 4 is 11.6 Å². The van der Waals surface area contributed by atoms with Crippen molar-refractivity contribution in [1.82, 2.24) is 19.6 Å². The summed E-state index contributed by atoms with van der Waals surface area (Å²) in [5.41, 5.74) is 0.929. The van der Waals surface area contributed by atoms with Crippen LogP contribution in [0, 0.1) is 11.6 Å². The van der Waals surface area contributed by atoms with Gasteiger partial charge in [0.25, 0.3) is 5.91 Å². The Hall–Kier alpha value is -4.01. The van der Waals surface area contributed by atoms with Crippen molar-refractivity contribution in [2.75, 3.05) is 12.4 Å². The van der Waals surface area contributed by atoms with Crippen LogP contribution in [0.2, 0.25) is 0 Å². The van der Waals surface area contributed by atoms with Crippen LogP contribution >= 0.6 is 0 Å². The Morgan fingerprint density at radius 2 is 1.73 bits per heavy atom. The maximum absolute atomic E-state index is 13.4. The Kier molecular flexibility index (Phi) is 5.25. The number of hydrogen-bond acceptors (Lipinski definition) is 4. The maximum atomic E-state index is 13.4. The van der Waals surface area contributed by atoms with Crippen molar-refractivity contribution < 1.29 is 18.3 Å². The van der Waals surface area contributed by atoms with E-state index in [1.54, 1.807) is 40.9 Å². The first-order chi connectivity index (χ1) is 14.5. The number of ether oxygens (including phenoxy) is 1. The van der Waals surface area contributed by atoms with Gasteiger partial charge in [-0.1, -0.05) is 17.3 Å². The maximum Gasteiger partial charge on any atom is 0.280 e. The number of nitrogens with one attached hydrogen (secondary N) is 1. The van der Waals surface area contributed by atoms with Crippen LogP contribution in [0.4, 0.5) is 14.5 Å². The molecule has 0 radical (unpaired) electrons. The van der Waals surface area contributed by atoms with Crippen LogP contribution in [0.5, 0.6) is 5.75 Å². The molecule has 0 aliphatic rings. The first kappa shape index (κ1) is 19.3. The molecule has 152 valence electrons. The van der Waals surface area contributed by atoms with Crippen LogP contribution in [0.15, 0.2) is 67.0 Å². The minimum Gasteiger partial charge on any atom is -0.497 e. The molecule has 30 heavy (non-hydrogen) atoms. The first-order valence-corrected chi connectivity index (χ1v) is 9.00. The zero-order chi connectivity index (χ0) is 21.1. The lowest BCUT2D eigenvalue weighted by Crippen LogP contribution is -2.17. The number of nitrogens with zero attached hydrogens (tertiary/aromatic N) is 4. The molecule has 7 nitrogen and oxygen atoms in total. The van der Waals surface area contributed by atoms with Crippen molar-refractivity contribution in [2.45, 2.75) is 6.54 Å². The Morgan fingerprint density at radius 3 is 2.37 bits per heavy atom. The van der Waals surface area contributed by atoms with E-state index in [9.17, 15) is 13.6 Å². The van der Waals surface area contributed by atoms with E-state index in [0.717, 1.165) is 29.5 Å².